The van der Waals surface area contributed by atoms with E-state index in [-0.39, 0.29) is 17.9 Å². The van der Waals surface area contributed by atoms with E-state index in [9.17, 15) is 9.59 Å². The van der Waals surface area contributed by atoms with Crippen LogP contribution in [-0.4, -0.2) is 49.6 Å². The van der Waals surface area contributed by atoms with Crippen molar-refractivity contribution in [1.82, 2.24) is 10.2 Å². The second-order valence-corrected chi connectivity index (χ2v) is 4.21. The predicted octanol–water partition coefficient (Wildman–Crippen LogP) is 1.34. The van der Waals surface area contributed by atoms with Crippen molar-refractivity contribution in [2.24, 2.45) is 0 Å². The van der Waals surface area contributed by atoms with Crippen LogP contribution in [0.2, 0.25) is 0 Å². The first-order valence-corrected chi connectivity index (χ1v) is 6.81. The van der Waals surface area contributed by atoms with Gasteiger partial charge in [0.05, 0.1) is 13.2 Å². The number of esters is 1. The fourth-order valence-electron chi connectivity index (χ4n) is 1.76. The lowest BCUT2D eigenvalue weighted by Gasteiger charge is -2.23. The molecule has 1 atom stereocenters. The minimum atomic E-state index is -0.313. The molecule has 0 heterocycles. The zero-order valence-electron chi connectivity index (χ0n) is 12.7. The zero-order chi connectivity index (χ0) is 14.8. The zero-order valence-corrected chi connectivity index (χ0v) is 12.7. The van der Waals surface area contributed by atoms with E-state index >= 15 is 0 Å². The van der Waals surface area contributed by atoms with Crippen LogP contribution in [0, 0.1) is 0 Å². The summed E-state index contributed by atoms with van der Waals surface area (Å²) in [4.78, 5) is 25.1. The van der Waals surface area contributed by atoms with Gasteiger partial charge in [0, 0.05) is 25.2 Å². The second kappa shape index (κ2) is 9.55. The fourth-order valence-corrected chi connectivity index (χ4v) is 1.76. The highest BCUT2D eigenvalue weighted by Crippen LogP contribution is 2.02. The molecule has 0 aromatic carbocycles. The van der Waals surface area contributed by atoms with Crippen LogP contribution in [0.15, 0.2) is 11.6 Å². The molecule has 0 aliphatic carbocycles. The van der Waals surface area contributed by atoms with Crippen LogP contribution in [0.1, 0.15) is 34.1 Å². The number of nitrogens with zero attached hydrogens (tertiary/aromatic N) is 1. The Labute approximate surface area is 116 Å². The molecule has 0 aliphatic rings. The summed E-state index contributed by atoms with van der Waals surface area (Å²) < 4.78 is 4.67. The number of nitrogens with one attached hydrogen (secondary N) is 1. The summed E-state index contributed by atoms with van der Waals surface area (Å²) in [6, 6.07) is -0.257. The molecule has 5 heteroatoms. The number of ether oxygens (including phenoxy) is 1. The van der Waals surface area contributed by atoms with Crippen LogP contribution in [0.25, 0.3) is 0 Å². The third-order valence-electron chi connectivity index (χ3n) is 3.05. The lowest BCUT2D eigenvalue weighted by atomic mass is 10.2. The van der Waals surface area contributed by atoms with Crippen molar-refractivity contribution in [3.8, 4) is 0 Å². The molecule has 110 valence electrons. The van der Waals surface area contributed by atoms with E-state index in [1.807, 2.05) is 27.7 Å². The van der Waals surface area contributed by atoms with Crippen molar-refractivity contribution >= 4 is 11.9 Å². The Hall–Kier alpha value is -1.36. The first-order chi connectivity index (χ1) is 9.01. The molecule has 0 saturated heterocycles. The quantitative estimate of drug-likeness (QED) is 0.534. The molecule has 0 rings (SSSR count). The molecule has 1 amide bonds. The number of hydrogen-bond donors (Lipinski definition) is 1. The number of methoxy groups -OCH3 is 1. The maximum Gasteiger partial charge on any atom is 0.333 e. The monoisotopic (exact) mass is 270 g/mol. The molecule has 0 bridgehead atoms. The van der Waals surface area contributed by atoms with Crippen molar-refractivity contribution in [2.75, 3.05) is 26.7 Å². The molecule has 0 fully saturated rings. The molecule has 0 radical (unpaired) electrons. The van der Waals surface area contributed by atoms with Gasteiger partial charge < -0.3 is 15.0 Å². The maximum atomic E-state index is 12.0. The SMILES string of the molecule is CC/C(=C/CNC(C)C(=O)N(CC)CC)C(=O)OC. The first-order valence-electron chi connectivity index (χ1n) is 6.81. The minimum Gasteiger partial charge on any atom is -0.466 e. The summed E-state index contributed by atoms with van der Waals surface area (Å²) in [5.41, 5.74) is 0.623. The van der Waals surface area contributed by atoms with E-state index in [4.69, 9.17) is 0 Å². The topological polar surface area (TPSA) is 58.6 Å². The Kier molecular flexibility index (Phi) is 8.87. The van der Waals surface area contributed by atoms with Gasteiger partial charge in [0.15, 0.2) is 0 Å². The molecule has 1 unspecified atom stereocenters. The fraction of sp³-hybridized carbons (Fsp3) is 0.714. The molecule has 0 spiro atoms. The molecule has 0 aliphatic heterocycles. The van der Waals surface area contributed by atoms with Gasteiger partial charge in [-0.3, -0.25) is 4.79 Å². The molecular formula is C14H26N2O3. The van der Waals surface area contributed by atoms with Gasteiger partial charge in [-0.1, -0.05) is 13.0 Å². The van der Waals surface area contributed by atoms with E-state index in [1.54, 1.807) is 11.0 Å². The number of hydrogen-bond acceptors (Lipinski definition) is 4. The summed E-state index contributed by atoms with van der Waals surface area (Å²) in [5.74, 6) is -0.235. The first kappa shape index (κ1) is 17.6. The molecule has 0 aromatic rings. The summed E-state index contributed by atoms with van der Waals surface area (Å²) >= 11 is 0. The van der Waals surface area contributed by atoms with Crippen LogP contribution in [0.5, 0.6) is 0 Å². The van der Waals surface area contributed by atoms with Crippen LogP contribution in [0.4, 0.5) is 0 Å². The van der Waals surface area contributed by atoms with E-state index < -0.39 is 0 Å². The molecular weight excluding hydrogens is 244 g/mol. The van der Waals surface area contributed by atoms with E-state index in [2.05, 4.69) is 10.1 Å². The van der Waals surface area contributed by atoms with Gasteiger partial charge in [-0.25, -0.2) is 4.79 Å². The Morgan fingerprint density at radius 3 is 2.26 bits per heavy atom. The summed E-state index contributed by atoms with van der Waals surface area (Å²) in [6.07, 6.45) is 2.39. The van der Waals surface area contributed by atoms with E-state index in [0.717, 1.165) is 0 Å². The van der Waals surface area contributed by atoms with Crippen molar-refractivity contribution in [3.05, 3.63) is 11.6 Å². The normalized spacial score (nSPS) is 13.0. The Bertz CT molecular complexity index is 323. The maximum absolute atomic E-state index is 12.0. The van der Waals surface area contributed by atoms with Crippen LogP contribution in [-0.2, 0) is 14.3 Å². The van der Waals surface area contributed by atoms with Gasteiger partial charge in [0.2, 0.25) is 5.91 Å². The Morgan fingerprint density at radius 1 is 1.26 bits per heavy atom. The highest BCUT2D eigenvalue weighted by atomic mass is 16.5. The number of amides is 1. The summed E-state index contributed by atoms with van der Waals surface area (Å²) in [5, 5.41) is 3.10. The van der Waals surface area contributed by atoms with Gasteiger partial charge in [0.25, 0.3) is 0 Å². The number of carbonyl (C=O) groups excluding carboxylic acids is 2. The van der Waals surface area contributed by atoms with Gasteiger partial charge in [-0.2, -0.15) is 0 Å². The van der Waals surface area contributed by atoms with Crippen molar-refractivity contribution in [3.63, 3.8) is 0 Å². The van der Waals surface area contributed by atoms with E-state index in [0.29, 0.717) is 31.6 Å². The highest BCUT2D eigenvalue weighted by molar-refractivity contribution is 5.88. The predicted molar refractivity (Wildman–Crippen MR) is 75.8 cm³/mol. The number of carbonyl (C=O) groups is 2. The molecule has 19 heavy (non-hydrogen) atoms. The van der Waals surface area contributed by atoms with Crippen molar-refractivity contribution in [1.29, 1.82) is 0 Å². The molecule has 0 aromatic heterocycles. The lowest BCUT2D eigenvalue weighted by Crippen LogP contribution is -2.44. The van der Waals surface area contributed by atoms with Crippen molar-refractivity contribution in [2.45, 2.75) is 40.2 Å². The third-order valence-corrected chi connectivity index (χ3v) is 3.05. The van der Waals surface area contributed by atoms with Gasteiger partial charge in [-0.15, -0.1) is 0 Å². The summed E-state index contributed by atoms with van der Waals surface area (Å²) in [7, 11) is 1.37. The van der Waals surface area contributed by atoms with Crippen LogP contribution >= 0.6 is 0 Å². The largest absolute Gasteiger partial charge is 0.466 e. The average Bonchev–Trinajstić information content (AvgIpc) is 2.43. The van der Waals surface area contributed by atoms with Gasteiger partial charge >= 0.3 is 5.97 Å². The highest BCUT2D eigenvalue weighted by Gasteiger charge is 2.17. The minimum absolute atomic E-state index is 0.0783. The standard InChI is InChI=1S/C14H26N2O3/c1-6-12(14(18)19-5)9-10-15-11(4)13(17)16(7-2)8-3/h9,11,15H,6-8,10H2,1-5H3/b12-9-. The van der Waals surface area contributed by atoms with Gasteiger partial charge in [-0.05, 0) is 27.2 Å². The number of likely N-dealkylation sites (N-methyl/N-ethyl adjacent to an activating group) is 1. The van der Waals surface area contributed by atoms with Crippen LogP contribution < -0.4 is 5.32 Å². The molecule has 0 saturated carbocycles. The average molecular weight is 270 g/mol. The smallest absolute Gasteiger partial charge is 0.333 e. The van der Waals surface area contributed by atoms with Gasteiger partial charge in [0.1, 0.15) is 0 Å². The van der Waals surface area contributed by atoms with Crippen molar-refractivity contribution < 1.29 is 14.3 Å². The Balaban J connectivity index is 4.36. The molecule has 1 N–H and O–H groups in total. The summed E-state index contributed by atoms with van der Waals surface area (Å²) in [6.45, 7) is 9.54. The third kappa shape index (κ3) is 5.87. The van der Waals surface area contributed by atoms with E-state index in [1.165, 1.54) is 7.11 Å². The van der Waals surface area contributed by atoms with Crippen LogP contribution in [0.3, 0.4) is 0 Å². The number of rotatable bonds is 8. The Morgan fingerprint density at radius 2 is 1.84 bits per heavy atom. The molecule has 5 nitrogen and oxygen atoms in total. The lowest BCUT2D eigenvalue weighted by molar-refractivity contribution is -0.136. The second-order valence-electron chi connectivity index (χ2n) is 4.21.